The maximum Gasteiger partial charge on any atom is 0.255 e. The van der Waals surface area contributed by atoms with Crippen LogP contribution in [0.4, 0.5) is 0 Å². The van der Waals surface area contributed by atoms with Gasteiger partial charge in [0, 0.05) is 31.6 Å². The second-order valence-corrected chi connectivity index (χ2v) is 8.30. The predicted molar refractivity (Wildman–Crippen MR) is 104 cm³/mol. The lowest BCUT2D eigenvalue weighted by atomic mass is 9.99. The van der Waals surface area contributed by atoms with Crippen LogP contribution in [-0.2, 0) is 22.7 Å². The van der Waals surface area contributed by atoms with E-state index >= 15 is 0 Å². The molecular weight excluding hydrogens is 356 g/mol. The lowest BCUT2D eigenvalue weighted by Crippen LogP contribution is -2.52. The van der Waals surface area contributed by atoms with E-state index in [0.29, 0.717) is 24.4 Å². The first-order valence-electron chi connectivity index (χ1n) is 10.2. The summed E-state index contributed by atoms with van der Waals surface area (Å²) in [6, 6.07) is 5.44. The van der Waals surface area contributed by atoms with Crippen molar-refractivity contribution in [3.8, 4) is 0 Å². The predicted octanol–water partition coefficient (Wildman–Crippen LogP) is 0.879. The molecule has 2 N–H and O–H groups in total. The van der Waals surface area contributed by atoms with Crippen LogP contribution in [-0.4, -0.2) is 60.2 Å². The number of benzene rings is 1. The Hall–Kier alpha value is -2.25. The molecule has 3 aliphatic heterocycles. The average Bonchev–Trinajstić information content (AvgIpc) is 2.98. The summed E-state index contributed by atoms with van der Waals surface area (Å²) in [5.74, 6) is -0.0437. The summed E-state index contributed by atoms with van der Waals surface area (Å²) in [5, 5.41) is 5.81. The van der Waals surface area contributed by atoms with Crippen molar-refractivity contribution in [2.45, 2.75) is 44.8 Å². The minimum absolute atomic E-state index is 0.113. The lowest BCUT2D eigenvalue weighted by Gasteiger charge is -2.29. The molecule has 28 heavy (non-hydrogen) atoms. The normalized spacial score (nSPS) is 25.2. The smallest absolute Gasteiger partial charge is 0.255 e. The molecule has 150 valence electrons. The Bertz CT molecular complexity index is 788. The molecular formula is C21H28N4O3. The third-order valence-corrected chi connectivity index (χ3v) is 6.01. The molecule has 7 heteroatoms. The number of carbonyl (C=O) groups is 3. The summed E-state index contributed by atoms with van der Waals surface area (Å²) >= 11 is 0. The molecule has 0 aromatic heterocycles. The molecule has 0 saturated carbocycles. The molecule has 0 aliphatic carbocycles. The third-order valence-electron chi connectivity index (χ3n) is 6.01. The molecule has 0 bridgehead atoms. The summed E-state index contributed by atoms with van der Waals surface area (Å²) in [6.45, 7) is 4.55. The van der Waals surface area contributed by atoms with Crippen molar-refractivity contribution < 1.29 is 14.4 Å². The second-order valence-electron chi connectivity index (χ2n) is 8.30. The Kier molecular flexibility index (Phi) is 5.46. The highest BCUT2D eigenvalue weighted by Crippen LogP contribution is 2.28. The number of carbonyl (C=O) groups excluding carboxylic acids is 3. The summed E-state index contributed by atoms with van der Waals surface area (Å²) in [5.41, 5.74) is 2.83. The number of hydrogen-bond acceptors (Lipinski definition) is 5. The van der Waals surface area contributed by atoms with E-state index in [4.69, 9.17) is 0 Å². The first-order chi connectivity index (χ1) is 13.5. The Morgan fingerprint density at radius 1 is 1.21 bits per heavy atom. The van der Waals surface area contributed by atoms with Gasteiger partial charge in [0.05, 0.1) is 0 Å². The fourth-order valence-corrected chi connectivity index (χ4v) is 4.62. The zero-order valence-corrected chi connectivity index (χ0v) is 16.4. The molecule has 1 aromatic rings. The minimum atomic E-state index is -0.553. The first kappa shape index (κ1) is 19.1. The largest absolute Gasteiger partial charge is 0.322 e. The SMILES string of the molecule is CN(Cc1ccc2c(c1)CN(C1CCC(=O)NC1=O)C2=O)C[C@H]1CCCNC1. The fraction of sp³-hybridized carbons (Fsp3) is 0.571. The lowest BCUT2D eigenvalue weighted by molar-refractivity contribution is -0.136. The van der Waals surface area contributed by atoms with Crippen molar-refractivity contribution in [2.24, 2.45) is 5.92 Å². The summed E-state index contributed by atoms with van der Waals surface area (Å²) in [7, 11) is 2.14. The van der Waals surface area contributed by atoms with Gasteiger partial charge in [-0.25, -0.2) is 0 Å². The van der Waals surface area contributed by atoms with Crippen LogP contribution in [0.3, 0.4) is 0 Å². The van der Waals surface area contributed by atoms with Crippen molar-refractivity contribution >= 4 is 17.7 Å². The van der Waals surface area contributed by atoms with Gasteiger partial charge in [-0.3, -0.25) is 19.7 Å². The van der Waals surface area contributed by atoms with Gasteiger partial charge < -0.3 is 15.1 Å². The highest BCUT2D eigenvalue weighted by atomic mass is 16.2. The van der Waals surface area contributed by atoms with Gasteiger partial charge in [-0.2, -0.15) is 0 Å². The van der Waals surface area contributed by atoms with Gasteiger partial charge in [0.15, 0.2) is 0 Å². The number of hydrogen-bond donors (Lipinski definition) is 2. The van der Waals surface area contributed by atoms with Crippen molar-refractivity contribution in [3.63, 3.8) is 0 Å². The van der Waals surface area contributed by atoms with Crippen LogP contribution >= 0.6 is 0 Å². The van der Waals surface area contributed by atoms with Crippen LogP contribution in [0.2, 0.25) is 0 Å². The van der Waals surface area contributed by atoms with Crippen LogP contribution in [0.5, 0.6) is 0 Å². The van der Waals surface area contributed by atoms with E-state index in [1.54, 1.807) is 4.90 Å². The fourth-order valence-electron chi connectivity index (χ4n) is 4.62. The highest BCUT2D eigenvalue weighted by molar-refractivity contribution is 6.05. The van der Waals surface area contributed by atoms with Gasteiger partial charge >= 0.3 is 0 Å². The Balaban J connectivity index is 1.40. The molecule has 1 aromatic carbocycles. The van der Waals surface area contributed by atoms with Crippen LogP contribution < -0.4 is 10.6 Å². The summed E-state index contributed by atoms with van der Waals surface area (Å²) < 4.78 is 0. The highest BCUT2D eigenvalue weighted by Gasteiger charge is 2.39. The maximum absolute atomic E-state index is 12.8. The molecule has 2 fully saturated rings. The number of nitrogens with zero attached hydrogens (tertiary/aromatic N) is 2. The van der Waals surface area contributed by atoms with E-state index in [1.165, 1.54) is 18.4 Å². The van der Waals surface area contributed by atoms with Gasteiger partial charge in [0.25, 0.3) is 5.91 Å². The molecule has 0 radical (unpaired) electrons. The Morgan fingerprint density at radius 2 is 2.07 bits per heavy atom. The van der Waals surface area contributed by atoms with E-state index in [0.717, 1.165) is 31.7 Å². The molecule has 3 aliphatic rings. The third kappa shape index (κ3) is 3.95. The molecule has 2 atom stereocenters. The van der Waals surface area contributed by atoms with Crippen molar-refractivity contribution in [2.75, 3.05) is 26.7 Å². The van der Waals surface area contributed by atoms with E-state index in [2.05, 4.69) is 28.6 Å². The van der Waals surface area contributed by atoms with Crippen LogP contribution in [0.25, 0.3) is 0 Å². The van der Waals surface area contributed by atoms with Crippen LogP contribution in [0.15, 0.2) is 18.2 Å². The van der Waals surface area contributed by atoms with Crippen LogP contribution in [0, 0.1) is 5.92 Å². The zero-order chi connectivity index (χ0) is 19.7. The van der Waals surface area contributed by atoms with Crippen molar-refractivity contribution in [3.05, 3.63) is 34.9 Å². The first-order valence-corrected chi connectivity index (χ1v) is 10.2. The zero-order valence-electron chi connectivity index (χ0n) is 16.4. The molecule has 7 nitrogen and oxygen atoms in total. The molecule has 4 rings (SSSR count). The van der Waals surface area contributed by atoms with E-state index in [1.807, 2.05) is 12.1 Å². The average molecular weight is 384 g/mol. The molecule has 3 amide bonds. The molecule has 3 heterocycles. The number of rotatable bonds is 5. The minimum Gasteiger partial charge on any atom is -0.322 e. The van der Waals surface area contributed by atoms with E-state index in [9.17, 15) is 14.4 Å². The number of amides is 3. The monoisotopic (exact) mass is 384 g/mol. The number of piperidine rings is 2. The van der Waals surface area contributed by atoms with Gasteiger partial charge in [0.1, 0.15) is 6.04 Å². The van der Waals surface area contributed by atoms with E-state index < -0.39 is 6.04 Å². The summed E-state index contributed by atoms with van der Waals surface area (Å²) in [4.78, 5) is 40.2. The Labute approximate surface area is 165 Å². The van der Waals surface area contributed by atoms with E-state index in [-0.39, 0.29) is 24.1 Å². The number of nitrogens with one attached hydrogen (secondary N) is 2. The van der Waals surface area contributed by atoms with Gasteiger partial charge in [0.2, 0.25) is 11.8 Å². The van der Waals surface area contributed by atoms with Crippen molar-refractivity contribution in [1.29, 1.82) is 0 Å². The topological polar surface area (TPSA) is 81.8 Å². The summed E-state index contributed by atoms with van der Waals surface area (Å²) in [6.07, 6.45) is 3.20. The quantitative estimate of drug-likeness (QED) is 0.737. The Morgan fingerprint density at radius 3 is 2.82 bits per heavy atom. The number of imide groups is 1. The van der Waals surface area contributed by atoms with Gasteiger partial charge in [-0.05, 0) is 62.5 Å². The molecule has 2 saturated heterocycles. The van der Waals surface area contributed by atoms with Crippen molar-refractivity contribution in [1.82, 2.24) is 20.4 Å². The van der Waals surface area contributed by atoms with Gasteiger partial charge in [-0.15, -0.1) is 0 Å². The van der Waals surface area contributed by atoms with Gasteiger partial charge in [-0.1, -0.05) is 12.1 Å². The molecule has 1 unspecified atom stereocenters. The number of fused-ring (bicyclic) bond motifs is 1. The second kappa shape index (κ2) is 8.01. The van der Waals surface area contributed by atoms with Crippen LogP contribution in [0.1, 0.15) is 47.2 Å². The maximum atomic E-state index is 12.8. The molecule has 0 spiro atoms. The standard InChI is InChI=1S/C21H28N4O3/c1-24(12-15-3-2-8-22-10-15)11-14-4-5-17-16(9-14)13-25(21(17)28)18-6-7-19(26)23-20(18)27/h4-5,9,15,18,22H,2-3,6-8,10-13H2,1H3,(H,23,26,27)/t15-,18?/m0/s1.